The molecule has 1 aromatic carbocycles. The molecule has 0 amide bonds. The highest BCUT2D eigenvalue weighted by molar-refractivity contribution is 5.82. The zero-order valence-electron chi connectivity index (χ0n) is 15.7. The molecule has 6 heteroatoms. The number of furan rings is 1. The van der Waals surface area contributed by atoms with E-state index in [1.54, 1.807) is 4.52 Å². The largest absolute Gasteiger partial charge is 0.459 e. The smallest absolute Gasteiger partial charge is 0.178 e. The number of hydrogen-bond acceptors (Lipinski definition) is 5. The van der Waals surface area contributed by atoms with Gasteiger partial charge in [0, 0.05) is 16.4 Å². The number of nitrogens with zero attached hydrogens (tertiary/aromatic N) is 4. The molecule has 6 nitrogen and oxygen atoms in total. The maximum Gasteiger partial charge on any atom is 0.178 e. The van der Waals surface area contributed by atoms with E-state index >= 15 is 0 Å². The zero-order valence-corrected chi connectivity index (χ0v) is 15.7. The molecule has 3 aromatic heterocycles. The molecule has 0 saturated carbocycles. The average Bonchev–Trinajstić information content (AvgIpc) is 3.16. The number of anilines is 1. The summed E-state index contributed by atoms with van der Waals surface area (Å²) >= 11 is 0. The average molecular weight is 349 g/mol. The molecule has 26 heavy (non-hydrogen) atoms. The molecule has 0 aliphatic carbocycles. The molecule has 4 aromatic rings. The van der Waals surface area contributed by atoms with E-state index < -0.39 is 0 Å². The van der Waals surface area contributed by atoms with Crippen molar-refractivity contribution in [2.75, 3.05) is 5.32 Å². The van der Waals surface area contributed by atoms with Gasteiger partial charge in [0.15, 0.2) is 11.5 Å². The van der Waals surface area contributed by atoms with Crippen LogP contribution >= 0.6 is 0 Å². The second kappa shape index (κ2) is 5.83. The minimum absolute atomic E-state index is 0.0121. The highest BCUT2D eigenvalue weighted by atomic mass is 16.3. The van der Waals surface area contributed by atoms with E-state index in [4.69, 9.17) is 4.42 Å². The van der Waals surface area contributed by atoms with Crippen LogP contribution in [0.15, 0.2) is 40.8 Å². The molecule has 0 aliphatic rings. The number of aryl methyl sites for hydroxylation is 1. The summed E-state index contributed by atoms with van der Waals surface area (Å²) in [4.78, 5) is 0. The summed E-state index contributed by atoms with van der Waals surface area (Å²) in [6, 6.07) is 11.9. The molecule has 1 atom stereocenters. The lowest BCUT2D eigenvalue weighted by Gasteiger charge is -2.16. The molecule has 1 N–H and O–H groups in total. The molecule has 134 valence electrons. The van der Waals surface area contributed by atoms with Gasteiger partial charge in [-0.2, -0.15) is 4.52 Å². The van der Waals surface area contributed by atoms with Crippen LogP contribution < -0.4 is 5.32 Å². The predicted molar refractivity (Wildman–Crippen MR) is 102 cm³/mol. The number of aromatic nitrogens is 4. The monoisotopic (exact) mass is 349 g/mol. The van der Waals surface area contributed by atoms with Gasteiger partial charge < -0.3 is 9.73 Å². The van der Waals surface area contributed by atoms with Gasteiger partial charge in [0.05, 0.1) is 6.04 Å². The molecule has 3 heterocycles. The van der Waals surface area contributed by atoms with Crippen molar-refractivity contribution in [3.8, 4) is 0 Å². The van der Waals surface area contributed by atoms with Crippen molar-refractivity contribution in [1.82, 2.24) is 19.8 Å². The van der Waals surface area contributed by atoms with Crippen molar-refractivity contribution in [2.24, 2.45) is 0 Å². The normalized spacial score (nSPS) is 13.4. The molecular formula is C20H23N5O. The highest BCUT2D eigenvalue weighted by Gasteiger charge is 2.22. The predicted octanol–water partition coefficient (Wildman–Crippen LogP) is 4.65. The third-order valence-electron chi connectivity index (χ3n) is 4.57. The standard InChI is InChI=1S/C20H23N5O/c1-12-14-8-6-7-9-15(14)26-18(12)13(2)21-16-10-11-17-22-23-19(20(3,4)5)25(17)24-16/h6-11,13H,1-5H3,(H,21,24)/t13-/m1/s1. The Bertz CT molecular complexity index is 1090. The zero-order chi connectivity index (χ0) is 18.5. The Morgan fingerprint density at radius 1 is 1.08 bits per heavy atom. The Hall–Kier alpha value is -2.89. The van der Waals surface area contributed by atoms with Gasteiger partial charge in [0.2, 0.25) is 0 Å². The van der Waals surface area contributed by atoms with Crippen molar-refractivity contribution in [3.63, 3.8) is 0 Å². The van der Waals surface area contributed by atoms with Crippen molar-refractivity contribution in [1.29, 1.82) is 0 Å². The van der Waals surface area contributed by atoms with Crippen LogP contribution in [0.1, 0.15) is 50.9 Å². The van der Waals surface area contributed by atoms with E-state index in [0.29, 0.717) is 0 Å². The van der Waals surface area contributed by atoms with Crippen molar-refractivity contribution >= 4 is 22.4 Å². The van der Waals surface area contributed by atoms with Crippen LogP contribution in [-0.2, 0) is 5.41 Å². The second-order valence-electron chi connectivity index (χ2n) is 7.72. The third-order valence-corrected chi connectivity index (χ3v) is 4.57. The first-order valence-corrected chi connectivity index (χ1v) is 8.82. The van der Waals surface area contributed by atoms with Gasteiger partial charge in [-0.25, -0.2) is 0 Å². The summed E-state index contributed by atoms with van der Waals surface area (Å²) in [5, 5.41) is 17.8. The quantitative estimate of drug-likeness (QED) is 0.583. The number of para-hydroxylation sites is 1. The van der Waals surface area contributed by atoms with Gasteiger partial charge in [-0.1, -0.05) is 39.0 Å². The second-order valence-corrected chi connectivity index (χ2v) is 7.72. The lowest BCUT2D eigenvalue weighted by Crippen LogP contribution is -2.18. The number of nitrogens with one attached hydrogen (secondary N) is 1. The highest BCUT2D eigenvalue weighted by Crippen LogP contribution is 2.30. The molecule has 0 spiro atoms. The van der Waals surface area contributed by atoms with Crippen LogP contribution in [0.2, 0.25) is 0 Å². The molecule has 4 rings (SSSR count). The number of fused-ring (bicyclic) bond motifs is 2. The first-order chi connectivity index (χ1) is 12.3. The Kier molecular flexibility index (Phi) is 3.72. The van der Waals surface area contributed by atoms with E-state index in [9.17, 15) is 0 Å². The summed E-state index contributed by atoms with van der Waals surface area (Å²) in [5.74, 6) is 2.52. The Balaban J connectivity index is 1.68. The van der Waals surface area contributed by atoms with E-state index in [1.165, 1.54) is 0 Å². The Morgan fingerprint density at radius 3 is 2.58 bits per heavy atom. The topological polar surface area (TPSA) is 68.2 Å². The fraction of sp³-hybridized carbons (Fsp3) is 0.350. The third kappa shape index (κ3) is 2.71. The van der Waals surface area contributed by atoms with Gasteiger partial charge in [0.25, 0.3) is 0 Å². The lowest BCUT2D eigenvalue weighted by molar-refractivity contribution is 0.517. The van der Waals surface area contributed by atoms with E-state index in [1.807, 2.05) is 30.3 Å². The molecule has 0 bridgehead atoms. The van der Waals surface area contributed by atoms with Crippen LogP contribution in [-0.4, -0.2) is 19.8 Å². The maximum absolute atomic E-state index is 6.06. The van der Waals surface area contributed by atoms with Crippen LogP contribution in [0, 0.1) is 6.92 Å². The number of hydrogen-bond donors (Lipinski definition) is 1. The fourth-order valence-corrected chi connectivity index (χ4v) is 3.23. The number of rotatable bonds is 3. The van der Waals surface area contributed by atoms with Crippen molar-refractivity contribution < 1.29 is 4.42 Å². The van der Waals surface area contributed by atoms with Gasteiger partial charge in [-0.05, 0) is 32.0 Å². The first-order valence-electron chi connectivity index (χ1n) is 8.82. The van der Waals surface area contributed by atoms with Crippen LogP contribution in [0.3, 0.4) is 0 Å². The molecule has 0 aliphatic heterocycles. The van der Waals surface area contributed by atoms with Crippen molar-refractivity contribution in [3.05, 3.63) is 53.5 Å². The fourth-order valence-electron chi connectivity index (χ4n) is 3.23. The molecule has 0 radical (unpaired) electrons. The Labute approximate surface area is 152 Å². The maximum atomic E-state index is 6.06. The van der Waals surface area contributed by atoms with E-state index in [-0.39, 0.29) is 11.5 Å². The van der Waals surface area contributed by atoms with Crippen LogP contribution in [0.25, 0.3) is 16.6 Å². The van der Waals surface area contributed by atoms with Gasteiger partial charge in [-0.3, -0.25) is 0 Å². The van der Waals surface area contributed by atoms with Gasteiger partial charge >= 0.3 is 0 Å². The summed E-state index contributed by atoms with van der Waals surface area (Å²) < 4.78 is 7.87. The molecule has 0 saturated heterocycles. The first kappa shape index (κ1) is 16.6. The molecule has 0 unspecified atom stereocenters. The molecule has 0 fully saturated rings. The Morgan fingerprint density at radius 2 is 1.85 bits per heavy atom. The minimum Gasteiger partial charge on any atom is -0.459 e. The summed E-state index contributed by atoms with van der Waals surface area (Å²) in [6.07, 6.45) is 0. The number of benzene rings is 1. The summed E-state index contributed by atoms with van der Waals surface area (Å²) in [6.45, 7) is 10.5. The van der Waals surface area contributed by atoms with Crippen molar-refractivity contribution in [2.45, 2.75) is 46.1 Å². The van der Waals surface area contributed by atoms with E-state index in [0.717, 1.165) is 39.6 Å². The lowest BCUT2D eigenvalue weighted by atomic mass is 9.96. The SMILES string of the molecule is Cc1c([C@@H](C)Nc2ccc3nnc(C(C)(C)C)n3n2)oc2ccccc12. The van der Waals surface area contributed by atoms with Gasteiger partial charge in [-0.15, -0.1) is 15.3 Å². The van der Waals surface area contributed by atoms with E-state index in [2.05, 4.69) is 61.3 Å². The van der Waals surface area contributed by atoms with Crippen LogP contribution in [0.5, 0.6) is 0 Å². The molecular weight excluding hydrogens is 326 g/mol. The summed E-state index contributed by atoms with van der Waals surface area (Å²) in [7, 11) is 0. The van der Waals surface area contributed by atoms with Crippen LogP contribution in [0.4, 0.5) is 5.82 Å². The van der Waals surface area contributed by atoms with Gasteiger partial charge in [0.1, 0.15) is 17.2 Å². The summed E-state index contributed by atoms with van der Waals surface area (Å²) in [5.41, 5.74) is 2.67. The minimum atomic E-state index is -0.133.